The fourth-order valence-corrected chi connectivity index (χ4v) is 2.41. The van der Waals surface area contributed by atoms with Gasteiger partial charge in [-0.3, -0.25) is 0 Å². The van der Waals surface area contributed by atoms with Crippen LogP contribution in [0.3, 0.4) is 0 Å². The Morgan fingerprint density at radius 3 is 0.606 bits per heavy atom. The quantitative estimate of drug-likeness (QED) is 0.141. The summed E-state index contributed by atoms with van der Waals surface area (Å²) >= 11 is 0. The zero-order valence-electron chi connectivity index (χ0n) is 23.1. The second-order valence-corrected chi connectivity index (χ2v) is 9.16. The Hall–Kier alpha value is -0.103. The van der Waals surface area contributed by atoms with Gasteiger partial charge in [0.15, 0.2) is 0 Å². The molecule has 0 aliphatic heterocycles. The second kappa shape index (κ2) is 45.4. The topological polar surface area (TPSA) is 203 Å². The first-order valence-corrected chi connectivity index (χ1v) is 15.3. The van der Waals surface area contributed by atoms with E-state index in [1.165, 1.54) is 103 Å². The summed E-state index contributed by atoms with van der Waals surface area (Å²) in [5.41, 5.74) is 15.0. The van der Waals surface area contributed by atoms with Crippen LogP contribution in [0.4, 0.5) is 0 Å². The van der Waals surface area contributed by atoms with Crippen LogP contribution in [0.2, 0.25) is 0 Å². The fourth-order valence-electron chi connectivity index (χ4n) is 2.41. The van der Waals surface area contributed by atoms with Crippen molar-refractivity contribution in [1.29, 1.82) is 0 Å². The Morgan fingerprint density at radius 1 is 0.364 bits per heavy atom. The molecule has 0 rings (SSSR count). The van der Waals surface area contributed by atoms with Crippen LogP contribution in [-0.2, 0) is 0 Å². The van der Waals surface area contributed by atoms with Crippen LogP contribution in [-0.4, -0.2) is 35.2 Å². The van der Waals surface area contributed by atoms with Crippen LogP contribution < -0.4 is 42.1 Å². The predicted octanol–water partition coefficient (Wildman–Crippen LogP) is -1.90. The third-order valence-corrected chi connectivity index (χ3v) is 4.41. The maximum atomic E-state index is 8.58. The molecular formula is C24H64N4O4Si. The minimum absolute atomic E-state index is 1.11. The summed E-state index contributed by atoms with van der Waals surface area (Å²) in [6.45, 7) is 13.3. The average molecular weight is 501 g/mol. The Bertz CT molecular complexity index is 213. The van der Waals surface area contributed by atoms with Crippen LogP contribution in [0.5, 0.6) is 0 Å². The van der Waals surface area contributed by atoms with Gasteiger partial charge >= 0.3 is 0 Å². The number of hydrogen-bond donors (Lipinski definition) is 4. The van der Waals surface area contributed by atoms with Crippen molar-refractivity contribution in [3.8, 4) is 0 Å². The van der Waals surface area contributed by atoms with Crippen LogP contribution >= 0.6 is 0 Å². The first kappa shape index (κ1) is 43.0. The zero-order valence-corrected chi connectivity index (χ0v) is 24.1. The first-order chi connectivity index (χ1) is 15.7. The summed E-state index contributed by atoms with van der Waals surface area (Å²) < 4.78 is 0. The molecule has 0 aliphatic carbocycles. The maximum Gasteiger partial charge on any atom is 0.0739 e. The number of unbranched alkanes of at least 4 members (excludes halogenated alkanes) is 12. The second-order valence-electron chi connectivity index (χ2n) is 8.16. The maximum absolute atomic E-state index is 8.58. The molecule has 208 valence electrons. The molecule has 0 unspecified atom stereocenters. The van der Waals surface area contributed by atoms with Gasteiger partial charge in [0, 0.05) is 0 Å². The molecular weight excluding hydrogens is 436 g/mol. The summed E-state index contributed by atoms with van der Waals surface area (Å²) in [5, 5.41) is 0. The molecule has 0 fully saturated rings. The molecule has 0 radical (unpaired) electrons. The van der Waals surface area contributed by atoms with Gasteiger partial charge in [0.2, 0.25) is 0 Å². The van der Waals surface area contributed by atoms with E-state index in [1.54, 1.807) is 0 Å². The lowest BCUT2D eigenvalue weighted by Crippen LogP contribution is -2.82. The fraction of sp³-hybridized carbons (Fsp3) is 1.00. The van der Waals surface area contributed by atoms with E-state index in [-0.39, 0.29) is 0 Å². The molecule has 12 N–H and O–H groups in total. The Labute approximate surface area is 208 Å². The average Bonchev–Trinajstić information content (AvgIpc) is 2.76. The highest BCUT2D eigenvalue weighted by atomic mass is 28.4. The lowest BCUT2D eigenvalue weighted by Gasteiger charge is -2.67. The summed E-state index contributed by atoms with van der Waals surface area (Å²) in [7, 11) is -5.61. The predicted molar refractivity (Wildman–Crippen MR) is 133 cm³/mol. The molecule has 0 heterocycles. The highest BCUT2D eigenvalue weighted by Gasteiger charge is 1.84. The van der Waals surface area contributed by atoms with Crippen LogP contribution in [0.15, 0.2) is 0 Å². The Morgan fingerprint density at radius 2 is 0.515 bits per heavy atom. The molecule has 33 heavy (non-hydrogen) atoms. The van der Waals surface area contributed by atoms with Crippen molar-refractivity contribution in [2.75, 3.05) is 26.2 Å². The standard InChI is InChI=1S/4C6H15N.O4Si/c4*1-2-3-4-5-6-7;1-5(2,3)4/h4*2-7H2,1H3;/q;;;;-4/p+4. The van der Waals surface area contributed by atoms with Crippen molar-refractivity contribution in [2.45, 2.75) is 130 Å². The largest absolute Gasteiger partial charge is 0.894 e. The Kier molecular flexibility index (Phi) is 59.2. The molecule has 0 aliphatic rings. The molecule has 0 aromatic rings. The van der Waals surface area contributed by atoms with E-state index in [4.69, 9.17) is 19.2 Å². The smallest absolute Gasteiger partial charge is 0.0739 e. The third-order valence-electron chi connectivity index (χ3n) is 4.41. The molecule has 0 amide bonds. The minimum atomic E-state index is -5.61. The monoisotopic (exact) mass is 500 g/mol. The highest BCUT2D eigenvalue weighted by Crippen LogP contribution is 1.96. The minimum Gasteiger partial charge on any atom is -0.894 e. The van der Waals surface area contributed by atoms with Crippen LogP contribution in [0.25, 0.3) is 0 Å². The molecule has 0 atom stereocenters. The van der Waals surface area contributed by atoms with Gasteiger partial charge in [-0.05, 0) is 51.4 Å². The number of rotatable bonds is 16. The molecule has 0 saturated heterocycles. The number of quaternary nitrogens is 4. The third kappa shape index (κ3) is 113. The van der Waals surface area contributed by atoms with Crippen LogP contribution in [0.1, 0.15) is 130 Å². The van der Waals surface area contributed by atoms with Gasteiger partial charge < -0.3 is 51.2 Å². The van der Waals surface area contributed by atoms with Crippen molar-refractivity contribution >= 4 is 9.05 Å². The highest BCUT2D eigenvalue weighted by molar-refractivity contribution is 6.38. The van der Waals surface area contributed by atoms with E-state index >= 15 is 0 Å². The first-order valence-electron chi connectivity index (χ1n) is 13.6. The van der Waals surface area contributed by atoms with E-state index in [0.717, 1.165) is 26.2 Å². The summed E-state index contributed by atoms with van der Waals surface area (Å²) in [6, 6.07) is 0. The van der Waals surface area contributed by atoms with Crippen LogP contribution in [0, 0.1) is 0 Å². The summed E-state index contributed by atoms with van der Waals surface area (Å²) in [4.78, 5) is 34.3. The van der Waals surface area contributed by atoms with Gasteiger partial charge in [0.1, 0.15) is 0 Å². The van der Waals surface area contributed by atoms with Crippen molar-refractivity contribution in [2.24, 2.45) is 0 Å². The lowest BCUT2D eigenvalue weighted by molar-refractivity contribution is -0.624. The van der Waals surface area contributed by atoms with Crippen molar-refractivity contribution in [3.63, 3.8) is 0 Å². The number of hydrogen-bond acceptors (Lipinski definition) is 4. The van der Waals surface area contributed by atoms with E-state index in [1.807, 2.05) is 0 Å². The van der Waals surface area contributed by atoms with Gasteiger partial charge in [0.25, 0.3) is 0 Å². The van der Waals surface area contributed by atoms with E-state index < -0.39 is 9.05 Å². The molecule has 0 aromatic heterocycles. The molecule has 9 heteroatoms. The van der Waals surface area contributed by atoms with Gasteiger partial charge in [0.05, 0.1) is 26.2 Å². The van der Waals surface area contributed by atoms with E-state index in [2.05, 4.69) is 50.6 Å². The summed E-state index contributed by atoms with van der Waals surface area (Å²) in [5.74, 6) is 0. The van der Waals surface area contributed by atoms with Crippen molar-refractivity contribution in [1.82, 2.24) is 0 Å². The van der Waals surface area contributed by atoms with E-state index in [0.29, 0.717) is 0 Å². The Balaban J connectivity index is -0.0000000995. The molecule has 8 nitrogen and oxygen atoms in total. The molecule has 0 saturated carbocycles. The van der Waals surface area contributed by atoms with Gasteiger partial charge in [-0.15, -0.1) is 0 Å². The molecule has 0 bridgehead atoms. The van der Waals surface area contributed by atoms with Gasteiger partial charge in [-0.25, -0.2) is 0 Å². The van der Waals surface area contributed by atoms with E-state index in [9.17, 15) is 0 Å². The van der Waals surface area contributed by atoms with Gasteiger partial charge in [-0.2, -0.15) is 0 Å². The van der Waals surface area contributed by atoms with Gasteiger partial charge in [-0.1, -0.05) is 79.1 Å². The SMILES string of the molecule is CCCCCC[NH3+].CCCCCC[NH3+].CCCCCC[NH3+].CCCCCC[NH3+].[O-][Si]([O-])([O-])[O-]. The zero-order chi connectivity index (χ0) is 26.6. The molecule has 0 aromatic carbocycles. The summed E-state index contributed by atoms with van der Waals surface area (Å²) in [6.07, 6.45) is 21.6. The van der Waals surface area contributed by atoms with Crippen molar-refractivity contribution < 1.29 is 42.1 Å². The normalized spacial score (nSPS) is 9.82. The molecule has 0 spiro atoms. The van der Waals surface area contributed by atoms with Crippen molar-refractivity contribution in [3.05, 3.63) is 0 Å². The lowest BCUT2D eigenvalue weighted by atomic mass is 10.2.